The predicted molar refractivity (Wildman–Crippen MR) is 88.1 cm³/mol. The molecule has 0 aliphatic carbocycles. The van der Waals surface area contributed by atoms with Crippen LogP contribution >= 0.6 is 0 Å². The van der Waals surface area contributed by atoms with Gasteiger partial charge in [-0.2, -0.15) is 0 Å². The minimum absolute atomic E-state index is 0.0440. The van der Waals surface area contributed by atoms with E-state index in [0.29, 0.717) is 5.56 Å². The molecule has 3 nitrogen and oxygen atoms in total. The number of nitrogens with zero attached hydrogens (tertiary/aromatic N) is 2. The molecule has 0 saturated heterocycles. The number of aromatic nitrogens is 2. The second-order valence-electron chi connectivity index (χ2n) is 5.44. The summed E-state index contributed by atoms with van der Waals surface area (Å²) in [6.07, 6.45) is 5.45. The molecule has 2 aromatic heterocycles. The predicted octanol–water partition coefficient (Wildman–Crippen LogP) is 3.96. The summed E-state index contributed by atoms with van der Waals surface area (Å²) < 4.78 is 1.99. The van der Waals surface area contributed by atoms with Crippen LogP contribution in [0.1, 0.15) is 15.9 Å². The summed E-state index contributed by atoms with van der Waals surface area (Å²) in [5.74, 6) is 0.0440. The highest BCUT2D eigenvalue weighted by Gasteiger charge is 2.15. The first-order valence-corrected chi connectivity index (χ1v) is 7.16. The highest BCUT2D eigenvalue weighted by molar-refractivity contribution is 6.17. The van der Waals surface area contributed by atoms with Crippen molar-refractivity contribution in [3.05, 3.63) is 78.2 Å². The molecule has 0 unspecified atom stereocenters. The monoisotopic (exact) mass is 286 g/mol. The van der Waals surface area contributed by atoms with Crippen LogP contribution in [0, 0.1) is 0 Å². The Morgan fingerprint density at radius 3 is 2.82 bits per heavy atom. The molecule has 0 fully saturated rings. The van der Waals surface area contributed by atoms with Crippen molar-refractivity contribution in [1.82, 2.24) is 9.55 Å². The lowest BCUT2D eigenvalue weighted by atomic mass is 10.0. The lowest BCUT2D eigenvalue weighted by Gasteiger charge is -2.02. The van der Waals surface area contributed by atoms with Gasteiger partial charge in [0.15, 0.2) is 5.78 Å². The van der Waals surface area contributed by atoms with Crippen LogP contribution < -0.4 is 0 Å². The number of benzene rings is 2. The van der Waals surface area contributed by atoms with Crippen molar-refractivity contribution in [3.8, 4) is 0 Å². The zero-order valence-corrected chi connectivity index (χ0v) is 12.2. The minimum Gasteiger partial charge on any atom is -0.350 e. The standard InChI is InChI=1S/C19H14N2O/c1-21-12-17(16-4-2-3-5-18(16)21)19(22)14-7-6-13-8-9-20-11-15(13)10-14/h2-12H,1H3. The third kappa shape index (κ3) is 1.91. The number of pyridine rings is 1. The molecule has 4 aromatic rings. The van der Waals surface area contributed by atoms with Gasteiger partial charge >= 0.3 is 0 Å². The quantitative estimate of drug-likeness (QED) is 0.523. The van der Waals surface area contributed by atoms with Crippen LogP contribution in [0.2, 0.25) is 0 Å². The number of carbonyl (C=O) groups excluding carboxylic acids is 1. The van der Waals surface area contributed by atoms with Crippen molar-refractivity contribution in [2.24, 2.45) is 7.05 Å². The van der Waals surface area contributed by atoms with Gasteiger partial charge < -0.3 is 4.57 Å². The number of ketones is 1. The largest absolute Gasteiger partial charge is 0.350 e. The van der Waals surface area contributed by atoms with E-state index >= 15 is 0 Å². The van der Waals surface area contributed by atoms with Crippen molar-refractivity contribution in [2.45, 2.75) is 0 Å². The van der Waals surface area contributed by atoms with Gasteiger partial charge in [0.1, 0.15) is 0 Å². The summed E-state index contributed by atoms with van der Waals surface area (Å²) >= 11 is 0. The molecule has 0 aliphatic rings. The number of hydrogen-bond donors (Lipinski definition) is 0. The van der Waals surface area contributed by atoms with Crippen molar-refractivity contribution in [2.75, 3.05) is 0 Å². The fourth-order valence-corrected chi connectivity index (χ4v) is 2.90. The summed E-state index contributed by atoms with van der Waals surface area (Å²) in [4.78, 5) is 17.0. The third-order valence-electron chi connectivity index (χ3n) is 4.04. The Morgan fingerprint density at radius 1 is 1.05 bits per heavy atom. The number of hydrogen-bond acceptors (Lipinski definition) is 2. The van der Waals surface area contributed by atoms with Gasteiger partial charge in [-0.25, -0.2) is 0 Å². The molecule has 0 aliphatic heterocycles. The maximum atomic E-state index is 12.9. The van der Waals surface area contributed by atoms with E-state index in [4.69, 9.17) is 0 Å². The molecule has 0 atom stereocenters. The fraction of sp³-hybridized carbons (Fsp3) is 0.0526. The summed E-state index contributed by atoms with van der Waals surface area (Å²) in [6.45, 7) is 0. The van der Waals surface area contributed by atoms with E-state index in [9.17, 15) is 4.79 Å². The smallest absolute Gasteiger partial charge is 0.195 e. The molecule has 2 aromatic carbocycles. The second kappa shape index (κ2) is 4.81. The summed E-state index contributed by atoms with van der Waals surface area (Å²) in [5, 5.41) is 3.05. The summed E-state index contributed by atoms with van der Waals surface area (Å²) in [5.41, 5.74) is 2.49. The maximum absolute atomic E-state index is 12.9. The number of carbonyl (C=O) groups is 1. The Balaban J connectivity index is 1.88. The van der Waals surface area contributed by atoms with Crippen LogP contribution in [0.15, 0.2) is 67.1 Å². The lowest BCUT2D eigenvalue weighted by Crippen LogP contribution is -2.00. The van der Waals surface area contributed by atoms with E-state index in [-0.39, 0.29) is 5.78 Å². The van der Waals surface area contributed by atoms with Crippen LogP contribution in [0.4, 0.5) is 0 Å². The van der Waals surface area contributed by atoms with E-state index in [0.717, 1.165) is 27.2 Å². The molecule has 3 heteroatoms. The maximum Gasteiger partial charge on any atom is 0.195 e. The minimum atomic E-state index is 0.0440. The highest BCUT2D eigenvalue weighted by atomic mass is 16.1. The molecule has 4 rings (SSSR count). The topological polar surface area (TPSA) is 34.9 Å². The second-order valence-corrected chi connectivity index (χ2v) is 5.44. The van der Waals surface area contributed by atoms with Crippen LogP contribution in [-0.2, 0) is 7.05 Å². The first kappa shape index (κ1) is 12.8. The van der Waals surface area contributed by atoms with Gasteiger partial charge in [0.25, 0.3) is 0 Å². The van der Waals surface area contributed by atoms with E-state index < -0.39 is 0 Å². The van der Waals surface area contributed by atoms with Crippen molar-refractivity contribution >= 4 is 27.5 Å². The van der Waals surface area contributed by atoms with Crippen LogP contribution in [0.25, 0.3) is 21.7 Å². The highest BCUT2D eigenvalue weighted by Crippen LogP contribution is 2.24. The van der Waals surface area contributed by atoms with Gasteiger partial charge in [0.2, 0.25) is 0 Å². The Hall–Kier alpha value is -2.94. The molecule has 2 heterocycles. The molecule has 0 N–H and O–H groups in total. The van der Waals surface area contributed by atoms with Crippen LogP contribution in [0.5, 0.6) is 0 Å². The Morgan fingerprint density at radius 2 is 1.91 bits per heavy atom. The first-order valence-electron chi connectivity index (χ1n) is 7.16. The Bertz CT molecular complexity index is 1010. The molecule has 0 saturated carbocycles. The van der Waals surface area contributed by atoms with Gasteiger partial charge in [-0.3, -0.25) is 9.78 Å². The zero-order chi connectivity index (χ0) is 15.1. The van der Waals surface area contributed by atoms with Crippen LogP contribution in [0.3, 0.4) is 0 Å². The summed E-state index contributed by atoms with van der Waals surface area (Å²) in [7, 11) is 1.96. The molecule has 106 valence electrons. The number of rotatable bonds is 2. The Labute approximate surface area is 127 Å². The summed E-state index contributed by atoms with van der Waals surface area (Å²) in [6, 6.07) is 15.7. The van der Waals surface area contributed by atoms with Crippen molar-refractivity contribution in [1.29, 1.82) is 0 Å². The fourth-order valence-electron chi connectivity index (χ4n) is 2.90. The van der Waals surface area contributed by atoms with Crippen molar-refractivity contribution < 1.29 is 4.79 Å². The van der Waals surface area contributed by atoms with Gasteiger partial charge in [-0.15, -0.1) is 0 Å². The Kier molecular flexibility index (Phi) is 2.79. The molecule has 0 bridgehead atoms. The molecule has 0 radical (unpaired) electrons. The molecule has 22 heavy (non-hydrogen) atoms. The van der Waals surface area contributed by atoms with Gasteiger partial charge in [-0.1, -0.05) is 30.3 Å². The third-order valence-corrected chi connectivity index (χ3v) is 4.04. The zero-order valence-electron chi connectivity index (χ0n) is 12.2. The molecule has 0 amide bonds. The normalized spacial score (nSPS) is 11.1. The molecular formula is C19H14N2O. The van der Waals surface area contributed by atoms with Crippen molar-refractivity contribution in [3.63, 3.8) is 0 Å². The van der Waals surface area contributed by atoms with Crippen LogP contribution in [-0.4, -0.2) is 15.3 Å². The van der Waals surface area contributed by atoms with E-state index in [1.54, 1.807) is 12.4 Å². The SMILES string of the molecule is Cn1cc(C(=O)c2ccc3ccncc3c2)c2ccccc21. The number of aryl methyl sites for hydroxylation is 1. The van der Waals surface area contributed by atoms with E-state index in [1.807, 2.05) is 66.3 Å². The molecule has 0 spiro atoms. The average molecular weight is 286 g/mol. The number of para-hydroxylation sites is 1. The first-order chi connectivity index (χ1) is 10.7. The number of fused-ring (bicyclic) bond motifs is 2. The van der Waals surface area contributed by atoms with Gasteiger partial charge in [0, 0.05) is 53.1 Å². The van der Waals surface area contributed by atoms with E-state index in [2.05, 4.69) is 4.98 Å². The van der Waals surface area contributed by atoms with E-state index in [1.165, 1.54) is 0 Å². The van der Waals surface area contributed by atoms with Gasteiger partial charge in [-0.05, 0) is 23.6 Å². The van der Waals surface area contributed by atoms with Gasteiger partial charge in [0.05, 0.1) is 0 Å². The lowest BCUT2D eigenvalue weighted by molar-refractivity contribution is 0.104. The molecular weight excluding hydrogens is 272 g/mol. The average Bonchev–Trinajstić information content (AvgIpc) is 2.91.